The second-order valence-corrected chi connectivity index (χ2v) is 6.60. The second kappa shape index (κ2) is 6.16. The third-order valence-corrected chi connectivity index (χ3v) is 4.70. The van der Waals surface area contributed by atoms with Crippen molar-refractivity contribution < 1.29 is 14.3 Å². The first-order valence-corrected chi connectivity index (χ1v) is 8.60. The van der Waals surface area contributed by atoms with Crippen LogP contribution in [0.15, 0.2) is 36.0 Å². The molecule has 1 amide bonds. The highest BCUT2D eigenvalue weighted by Gasteiger charge is 2.16. The fraction of sp³-hybridized carbons (Fsp3) is 0.294. The zero-order chi connectivity index (χ0) is 16.5. The van der Waals surface area contributed by atoms with Gasteiger partial charge in [-0.05, 0) is 17.7 Å². The van der Waals surface area contributed by atoms with E-state index in [0.717, 1.165) is 27.7 Å². The lowest BCUT2D eigenvalue weighted by molar-refractivity contribution is -0.129. The summed E-state index contributed by atoms with van der Waals surface area (Å²) in [7, 11) is 1.80. The molecule has 0 saturated heterocycles. The van der Waals surface area contributed by atoms with E-state index in [1.54, 1.807) is 23.3 Å². The molecule has 7 heteroatoms. The smallest absolute Gasteiger partial charge is 0.228 e. The van der Waals surface area contributed by atoms with Gasteiger partial charge in [0.1, 0.15) is 13.2 Å². The van der Waals surface area contributed by atoms with Crippen LogP contribution in [0.1, 0.15) is 11.3 Å². The summed E-state index contributed by atoms with van der Waals surface area (Å²) in [5.74, 6) is 1.54. The van der Waals surface area contributed by atoms with Crippen molar-refractivity contribution >= 4 is 22.2 Å². The standard InChI is InChI=1S/C17H17N3O3S/c1-19(10-12-2-3-14-15(8-12)23-6-5-22-14)16(21)9-13-11-20-4-7-24-17(20)18-13/h2-4,7-8,11H,5-6,9-10H2,1H3. The van der Waals surface area contributed by atoms with Gasteiger partial charge in [0, 0.05) is 31.4 Å². The molecule has 0 N–H and O–H groups in total. The third-order valence-electron chi connectivity index (χ3n) is 3.93. The van der Waals surface area contributed by atoms with Crippen LogP contribution in [-0.4, -0.2) is 40.5 Å². The molecule has 0 bridgehead atoms. The zero-order valence-corrected chi connectivity index (χ0v) is 14.1. The van der Waals surface area contributed by atoms with Crippen molar-refractivity contribution in [1.29, 1.82) is 0 Å². The summed E-state index contributed by atoms with van der Waals surface area (Å²) in [6, 6.07) is 5.79. The minimum Gasteiger partial charge on any atom is -0.486 e. The number of nitrogens with zero attached hydrogens (tertiary/aromatic N) is 3. The number of benzene rings is 1. The monoisotopic (exact) mass is 343 g/mol. The van der Waals surface area contributed by atoms with Gasteiger partial charge in [-0.1, -0.05) is 6.07 Å². The van der Waals surface area contributed by atoms with Crippen LogP contribution in [0.4, 0.5) is 0 Å². The van der Waals surface area contributed by atoms with Gasteiger partial charge < -0.3 is 14.4 Å². The van der Waals surface area contributed by atoms with Gasteiger partial charge in [0.2, 0.25) is 5.91 Å². The van der Waals surface area contributed by atoms with E-state index in [4.69, 9.17) is 9.47 Å². The largest absolute Gasteiger partial charge is 0.486 e. The SMILES string of the molecule is CN(Cc1ccc2c(c1)OCCO2)C(=O)Cc1cn2ccsc2n1. The summed E-state index contributed by atoms with van der Waals surface area (Å²) < 4.78 is 13.0. The molecule has 0 radical (unpaired) electrons. The molecule has 0 fully saturated rings. The predicted octanol–water partition coefficient (Wildman–Crippen LogP) is 2.37. The van der Waals surface area contributed by atoms with E-state index in [1.165, 1.54) is 0 Å². The number of rotatable bonds is 4. The maximum Gasteiger partial charge on any atom is 0.228 e. The quantitative estimate of drug-likeness (QED) is 0.730. The van der Waals surface area contributed by atoms with Crippen molar-refractivity contribution in [1.82, 2.24) is 14.3 Å². The van der Waals surface area contributed by atoms with Crippen molar-refractivity contribution in [3.05, 3.63) is 47.2 Å². The van der Waals surface area contributed by atoms with Gasteiger partial charge in [0.25, 0.3) is 0 Å². The van der Waals surface area contributed by atoms with Crippen LogP contribution >= 0.6 is 11.3 Å². The Morgan fingerprint density at radius 1 is 1.33 bits per heavy atom. The number of likely N-dealkylation sites (N-methyl/N-ethyl adjacent to an activating group) is 1. The van der Waals surface area contributed by atoms with E-state index >= 15 is 0 Å². The van der Waals surface area contributed by atoms with Crippen molar-refractivity contribution in [3.63, 3.8) is 0 Å². The number of fused-ring (bicyclic) bond motifs is 2. The molecule has 0 unspecified atom stereocenters. The molecule has 0 atom stereocenters. The predicted molar refractivity (Wildman–Crippen MR) is 90.7 cm³/mol. The number of carbonyl (C=O) groups is 1. The van der Waals surface area contributed by atoms with Crippen molar-refractivity contribution in [2.75, 3.05) is 20.3 Å². The van der Waals surface area contributed by atoms with Crippen LogP contribution in [0.3, 0.4) is 0 Å². The van der Waals surface area contributed by atoms with Crippen molar-refractivity contribution in [2.24, 2.45) is 0 Å². The molecule has 1 aromatic carbocycles. The second-order valence-electron chi connectivity index (χ2n) is 5.73. The first-order valence-electron chi connectivity index (χ1n) is 7.72. The average Bonchev–Trinajstić information content (AvgIpc) is 3.16. The highest BCUT2D eigenvalue weighted by molar-refractivity contribution is 7.15. The summed E-state index contributed by atoms with van der Waals surface area (Å²) in [5.41, 5.74) is 1.81. The fourth-order valence-corrected chi connectivity index (χ4v) is 3.42. The van der Waals surface area contributed by atoms with Crippen LogP contribution in [0.2, 0.25) is 0 Å². The van der Waals surface area contributed by atoms with E-state index in [9.17, 15) is 4.79 Å². The van der Waals surface area contributed by atoms with Gasteiger partial charge in [0.05, 0.1) is 12.1 Å². The lowest BCUT2D eigenvalue weighted by atomic mass is 10.1. The molecular formula is C17H17N3O3S. The number of carbonyl (C=O) groups excluding carboxylic acids is 1. The van der Waals surface area contributed by atoms with Crippen LogP contribution in [0.5, 0.6) is 11.5 Å². The highest BCUT2D eigenvalue weighted by atomic mass is 32.1. The molecule has 3 heterocycles. The summed E-state index contributed by atoms with van der Waals surface area (Å²) in [5, 5.41) is 1.97. The number of imidazole rings is 1. The first-order chi connectivity index (χ1) is 11.7. The fourth-order valence-electron chi connectivity index (χ4n) is 2.70. The van der Waals surface area contributed by atoms with Gasteiger partial charge in [-0.25, -0.2) is 4.98 Å². The maximum absolute atomic E-state index is 12.4. The minimum absolute atomic E-state index is 0.0376. The number of thiazole rings is 1. The normalized spacial score (nSPS) is 13.2. The molecular weight excluding hydrogens is 326 g/mol. The average molecular weight is 343 g/mol. The Morgan fingerprint density at radius 2 is 2.17 bits per heavy atom. The van der Waals surface area contributed by atoms with Crippen molar-refractivity contribution in [3.8, 4) is 11.5 Å². The number of hydrogen-bond donors (Lipinski definition) is 0. The van der Waals surface area contributed by atoms with E-state index in [2.05, 4.69) is 4.98 Å². The number of hydrogen-bond acceptors (Lipinski definition) is 5. The lowest BCUT2D eigenvalue weighted by Crippen LogP contribution is -2.28. The van der Waals surface area contributed by atoms with E-state index in [-0.39, 0.29) is 5.91 Å². The Balaban J connectivity index is 1.42. The molecule has 1 aliphatic rings. The highest BCUT2D eigenvalue weighted by Crippen LogP contribution is 2.31. The van der Waals surface area contributed by atoms with E-state index < -0.39 is 0 Å². The van der Waals surface area contributed by atoms with Gasteiger partial charge in [-0.15, -0.1) is 11.3 Å². The van der Waals surface area contributed by atoms with E-state index in [1.807, 2.05) is 40.4 Å². The lowest BCUT2D eigenvalue weighted by Gasteiger charge is -2.21. The van der Waals surface area contributed by atoms with Crippen molar-refractivity contribution in [2.45, 2.75) is 13.0 Å². The summed E-state index contributed by atoms with van der Waals surface area (Å²) in [4.78, 5) is 19.5. The zero-order valence-electron chi connectivity index (χ0n) is 13.3. The Bertz CT molecular complexity index is 858. The molecule has 0 aliphatic carbocycles. The molecule has 2 aromatic heterocycles. The van der Waals surface area contributed by atoms with Crippen LogP contribution in [0, 0.1) is 0 Å². The summed E-state index contributed by atoms with van der Waals surface area (Å²) >= 11 is 1.56. The third kappa shape index (κ3) is 2.94. The first kappa shape index (κ1) is 15.0. The number of ether oxygens (including phenoxy) is 2. The van der Waals surface area contributed by atoms with Crippen LogP contribution < -0.4 is 9.47 Å². The molecule has 1 aliphatic heterocycles. The van der Waals surface area contributed by atoms with Gasteiger partial charge in [0.15, 0.2) is 16.5 Å². The summed E-state index contributed by atoms with van der Waals surface area (Å²) in [6.45, 7) is 1.66. The van der Waals surface area contributed by atoms with Gasteiger partial charge >= 0.3 is 0 Å². The molecule has 24 heavy (non-hydrogen) atoms. The Kier molecular flexibility index (Phi) is 3.86. The van der Waals surface area contributed by atoms with Gasteiger partial charge in [-0.2, -0.15) is 0 Å². The molecule has 0 saturated carbocycles. The molecule has 3 aromatic rings. The molecule has 124 valence electrons. The molecule has 4 rings (SSSR count). The van der Waals surface area contributed by atoms with Gasteiger partial charge in [-0.3, -0.25) is 9.20 Å². The number of aromatic nitrogens is 2. The molecule has 6 nitrogen and oxygen atoms in total. The Morgan fingerprint density at radius 3 is 3.00 bits per heavy atom. The van der Waals surface area contributed by atoms with Crippen LogP contribution in [-0.2, 0) is 17.8 Å². The molecule has 0 spiro atoms. The van der Waals surface area contributed by atoms with Crippen LogP contribution in [0.25, 0.3) is 4.96 Å². The maximum atomic E-state index is 12.4. The topological polar surface area (TPSA) is 56.1 Å². The van der Waals surface area contributed by atoms with E-state index in [0.29, 0.717) is 26.2 Å². The minimum atomic E-state index is 0.0376. The Hall–Kier alpha value is -2.54. The summed E-state index contributed by atoms with van der Waals surface area (Å²) in [6.07, 6.45) is 4.15. The Labute approximate surface area is 143 Å². The number of amides is 1.